The second kappa shape index (κ2) is 18.8. The molecule has 2 aliphatic heterocycles. The second-order valence-corrected chi connectivity index (χ2v) is 24.4. The van der Waals surface area contributed by atoms with Crippen LogP contribution >= 0.6 is 0 Å². The number of para-hydroxylation sites is 1. The lowest BCUT2D eigenvalue weighted by Gasteiger charge is -2.24. The highest BCUT2D eigenvalue weighted by Crippen LogP contribution is 2.56. The smallest absolute Gasteiger partial charge is 0.136 e. The summed E-state index contributed by atoms with van der Waals surface area (Å²) in [4.78, 5) is 0. The van der Waals surface area contributed by atoms with Crippen molar-refractivity contribution in [2.75, 3.05) is 0 Å². The van der Waals surface area contributed by atoms with Crippen LogP contribution in [-0.2, 0) is 0 Å². The Balaban J connectivity index is 0.756. The van der Waals surface area contributed by atoms with Crippen molar-refractivity contribution >= 4 is 108 Å². The molecule has 0 bridgehead atoms. The number of ether oxygens (including phenoxy) is 2. The largest absolute Gasteiger partial charge is 0.456 e. The average Bonchev–Trinajstić information content (AvgIpc) is 0.748. The van der Waals surface area contributed by atoms with Crippen LogP contribution in [0.2, 0.25) is 0 Å². The Bertz CT molecular complexity index is 6060. The summed E-state index contributed by atoms with van der Waals surface area (Å²) in [7, 11) is 0. The monoisotopic (exact) mass is 1140 g/mol. The first-order valence-electron chi connectivity index (χ1n) is 31.1. The highest BCUT2D eigenvalue weighted by atomic mass is 16.5. The standard InChI is InChI=1S/C88H50O2/c1-4-25-60-51(20-1)44-52-21-2-5-26-61(52)85(60)87-68-33-11-7-29-64(68)81(65-30-8-12-34-69(65)87)56-42-43-78-75(48-56)73-38-17-23-54-45-57(50-80(90-78)83(54)73)59-37-19-39-72-74(59)47-53-22-3-6-27-62(53)86(72)88-70-35-13-9-31-66(70)82(67-32-10-14-36-71(67)88)58-46-55-24-18-41-79-84(55)76(49-58)63-28-15-16-40-77(63)89-79/h1-50H. The Kier molecular flexibility index (Phi) is 10.3. The van der Waals surface area contributed by atoms with Crippen LogP contribution in [0.15, 0.2) is 303 Å². The van der Waals surface area contributed by atoms with Crippen LogP contribution in [0.3, 0.4) is 0 Å². The Labute approximate surface area is 518 Å². The van der Waals surface area contributed by atoms with Gasteiger partial charge < -0.3 is 9.47 Å². The Hall–Kier alpha value is -11.8. The number of benzene rings is 18. The van der Waals surface area contributed by atoms with Gasteiger partial charge in [0.25, 0.3) is 0 Å². The van der Waals surface area contributed by atoms with E-state index in [9.17, 15) is 0 Å². The van der Waals surface area contributed by atoms with Crippen molar-refractivity contribution in [1.29, 1.82) is 0 Å². The molecule has 2 aliphatic rings. The molecule has 0 spiro atoms. The van der Waals surface area contributed by atoms with E-state index in [0.717, 1.165) is 72.4 Å². The lowest BCUT2D eigenvalue weighted by molar-refractivity contribution is 0.487. The van der Waals surface area contributed by atoms with Gasteiger partial charge in [0.2, 0.25) is 0 Å². The predicted molar refractivity (Wildman–Crippen MR) is 380 cm³/mol. The summed E-state index contributed by atoms with van der Waals surface area (Å²) in [6.45, 7) is 0. The molecule has 2 heterocycles. The van der Waals surface area contributed by atoms with Gasteiger partial charge in [-0.2, -0.15) is 0 Å². The van der Waals surface area contributed by atoms with Gasteiger partial charge in [-0.1, -0.05) is 243 Å². The number of hydrogen-bond acceptors (Lipinski definition) is 2. The summed E-state index contributed by atoms with van der Waals surface area (Å²) in [6.07, 6.45) is 0. The molecule has 0 N–H and O–H groups in total. The molecular formula is C88H50O2. The molecule has 2 heteroatoms. The summed E-state index contributed by atoms with van der Waals surface area (Å²) in [5, 5.41) is 24.1. The minimum atomic E-state index is 0.850. The normalized spacial score (nSPS) is 12.4. The number of fused-ring (bicyclic) bond motifs is 12. The average molecular weight is 1140 g/mol. The Morgan fingerprint density at radius 1 is 0.156 bits per heavy atom. The number of hydrogen-bond donors (Lipinski definition) is 0. The van der Waals surface area contributed by atoms with Crippen molar-refractivity contribution in [2.45, 2.75) is 0 Å². The summed E-state index contributed by atoms with van der Waals surface area (Å²) < 4.78 is 13.7. The highest BCUT2D eigenvalue weighted by Gasteiger charge is 2.28. The van der Waals surface area contributed by atoms with Gasteiger partial charge in [0.15, 0.2) is 0 Å². The third kappa shape index (κ3) is 7.04. The van der Waals surface area contributed by atoms with Gasteiger partial charge in [-0.15, -0.1) is 0 Å². The van der Waals surface area contributed by atoms with Crippen molar-refractivity contribution in [3.8, 4) is 101 Å². The minimum absolute atomic E-state index is 0.850. The molecule has 0 saturated carbocycles. The van der Waals surface area contributed by atoms with E-state index in [-0.39, 0.29) is 0 Å². The quantitative estimate of drug-likeness (QED) is 0.160. The Morgan fingerprint density at radius 2 is 0.522 bits per heavy atom. The zero-order valence-electron chi connectivity index (χ0n) is 48.7. The maximum Gasteiger partial charge on any atom is 0.136 e. The summed E-state index contributed by atoms with van der Waals surface area (Å²) in [5.74, 6) is 3.49. The zero-order valence-corrected chi connectivity index (χ0v) is 48.7. The minimum Gasteiger partial charge on any atom is -0.456 e. The molecule has 18 aromatic rings. The molecule has 0 aromatic heterocycles. The second-order valence-electron chi connectivity index (χ2n) is 24.4. The van der Waals surface area contributed by atoms with Gasteiger partial charge in [-0.05, 0) is 224 Å². The molecule has 0 fully saturated rings. The van der Waals surface area contributed by atoms with Crippen molar-refractivity contribution < 1.29 is 9.47 Å². The van der Waals surface area contributed by atoms with E-state index < -0.39 is 0 Å². The van der Waals surface area contributed by atoms with Crippen molar-refractivity contribution in [2.24, 2.45) is 0 Å². The van der Waals surface area contributed by atoms with Crippen LogP contribution < -0.4 is 9.47 Å². The molecule has 0 radical (unpaired) electrons. The Morgan fingerprint density at radius 3 is 1.13 bits per heavy atom. The SMILES string of the molecule is c1ccc2c(c1)Oc1cccc3cc(-c4c5ccccc5c(-c5c6ccccc6cc6c(-c7cc8c9c(cccc9c7)-c7cc(-c9c%10ccccc%10c(-c%10c%11ccccc%11cc%11ccccc%10%11)c%10ccccc9%10)ccc7O8)cccc56)c5ccccc45)cc-2c13. The van der Waals surface area contributed by atoms with Crippen LogP contribution in [0.25, 0.3) is 186 Å². The fourth-order valence-electron chi connectivity index (χ4n) is 16.0. The first-order chi connectivity index (χ1) is 44.6. The molecule has 414 valence electrons. The van der Waals surface area contributed by atoms with Gasteiger partial charge in [0.1, 0.15) is 23.0 Å². The highest BCUT2D eigenvalue weighted by molar-refractivity contribution is 6.30. The fraction of sp³-hybridized carbons (Fsp3) is 0. The third-order valence-electron chi connectivity index (χ3n) is 19.7. The molecular weight excluding hydrogens is 1090 g/mol. The zero-order chi connectivity index (χ0) is 58.7. The van der Waals surface area contributed by atoms with E-state index in [0.29, 0.717) is 0 Å². The lowest BCUT2D eigenvalue weighted by atomic mass is 9.81. The van der Waals surface area contributed by atoms with Gasteiger partial charge in [0, 0.05) is 21.9 Å². The topological polar surface area (TPSA) is 18.5 Å². The maximum absolute atomic E-state index is 7.21. The molecule has 2 nitrogen and oxygen atoms in total. The molecule has 0 aliphatic carbocycles. The first kappa shape index (κ1) is 49.3. The van der Waals surface area contributed by atoms with Crippen LogP contribution in [0, 0.1) is 0 Å². The first-order valence-corrected chi connectivity index (χ1v) is 31.1. The molecule has 0 amide bonds. The van der Waals surface area contributed by atoms with Crippen molar-refractivity contribution in [3.05, 3.63) is 303 Å². The molecule has 0 unspecified atom stereocenters. The van der Waals surface area contributed by atoms with Crippen molar-refractivity contribution in [1.82, 2.24) is 0 Å². The molecule has 20 rings (SSSR count). The molecule has 18 aromatic carbocycles. The van der Waals surface area contributed by atoms with Crippen molar-refractivity contribution in [3.63, 3.8) is 0 Å². The molecule has 0 saturated heterocycles. The number of rotatable bonds is 5. The van der Waals surface area contributed by atoms with E-state index >= 15 is 0 Å². The fourth-order valence-corrected chi connectivity index (χ4v) is 16.0. The summed E-state index contributed by atoms with van der Waals surface area (Å²) in [5.41, 5.74) is 16.6. The third-order valence-corrected chi connectivity index (χ3v) is 19.7. The molecule has 0 atom stereocenters. The van der Waals surface area contributed by atoms with E-state index in [1.54, 1.807) is 0 Å². The van der Waals surface area contributed by atoms with Gasteiger partial charge >= 0.3 is 0 Å². The van der Waals surface area contributed by atoms with E-state index in [1.807, 2.05) is 0 Å². The van der Waals surface area contributed by atoms with E-state index in [2.05, 4.69) is 303 Å². The van der Waals surface area contributed by atoms with Crippen LogP contribution in [-0.4, -0.2) is 0 Å². The molecule has 90 heavy (non-hydrogen) atoms. The maximum atomic E-state index is 7.21. The predicted octanol–water partition coefficient (Wildman–Crippen LogP) is 25.1. The lowest BCUT2D eigenvalue weighted by Crippen LogP contribution is -1.99. The summed E-state index contributed by atoms with van der Waals surface area (Å²) >= 11 is 0. The summed E-state index contributed by atoms with van der Waals surface area (Å²) in [6, 6.07) is 112. The van der Waals surface area contributed by atoms with Gasteiger partial charge in [-0.25, -0.2) is 0 Å². The van der Waals surface area contributed by atoms with Gasteiger partial charge in [-0.3, -0.25) is 0 Å². The van der Waals surface area contributed by atoms with Crippen LogP contribution in [0.1, 0.15) is 0 Å². The van der Waals surface area contributed by atoms with Gasteiger partial charge in [0.05, 0.1) is 0 Å². The van der Waals surface area contributed by atoms with Crippen LogP contribution in [0.5, 0.6) is 23.0 Å². The van der Waals surface area contributed by atoms with E-state index in [4.69, 9.17) is 9.47 Å². The van der Waals surface area contributed by atoms with Crippen LogP contribution in [0.4, 0.5) is 0 Å². The van der Waals surface area contributed by atoms with E-state index in [1.165, 1.54) is 136 Å².